The Balaban J connectivity index is 1.74. The maximum absolute atomic E-state index is 12.9. The topological polar surface area (TPSA) is 66.9 Å². The van der Waals surface area contributed by atoms with Crippen molar-refractivity contribution in [2.45, 2.75) is 13.8 Å². The standard InChI is InChI=1S/C23H20N4O/c1-15-9-8-10-16(2)20(15)26-23(28)22-25-19-14-7-6-13-18(19)21(27-22)24-17-11-4-3-5-12-17/h3-14H,1-2H3,(H,26,28)(H,24,25,27). The van der Waals surface area contributed by atoms with Crippen molar-refractivity contribution < 1.29 is 4.79 Å². The largest absolute Gasteiger partial charge is 0.340 e. The molecule has 1 amide bonds. The maximum atomic E-state index is 12.9. The summed E-state index contributed by atoms with van der Waals surface area (Å²) in [6.07, 6.45) is 0. The molecule has 5 heteroatoms. The molecule has 0 fully saturated rings. The van der Waals surface area contributed by atoms with Crippen LogP contribution in [-0.4, -0.2) is 15.9 Å². The molecule has 2 N–H and O–H groups in total. The third kappa shape index (κ3) is 3.55. The van der Waals surface area contributed by atoms with Crippen LogP contribution in [0, 0.1) is 13.8 Å². The molecule has 4 rings (SSSR count). The smallest absolute Gasteiger partial charge is 0.293 e. The van der Waals surface area contributed by atoms with Gasteiger partial charge in [-0.3, -0.25) is 4.79 Å². The van der Waals surface area contributed by atoms with Crippen molar-refractivity contribution in [2.75, 3.05) is 10.6 Å². The lowest BCUT2D eigenvalue weighted by Gasteiger charge is -2.13. The second-order valence-corrected chi connectivity index (χ2v) is 6.62. The summed E-state index contributed by atoms with van der Waals surface area (Å²) < 4.78 is 0. The van der Waals surface area contributed by atoms with Crippen molar-refractivity contribution in [1.29, 1.82) is 0 Å². The van der Waals surface area contributed by atoms with Crippen LogP contribution in [0.5, 0.6) is 0 Å². The number of hydrogen-bond acceptors (Lipinski definition) is 4. The number of fused-ring (bicyclic) bond motifs is 1. The predicted molar refractivity (Wildman–Crippen MR) is 113 cm³/mol. The van der Waals surface area contributed by atoms with Gasteiger partial charge >= 0.3 is 0 Å². The molecule has 0 atom stereocenters. The zero-order chi connectivity index (χ0) is 19.5. The zero-order valence-corrected chi connectivity index (χ0v) is 15.7. The summed E-state index contributed by atoms with van der Waals surface area (Å²) in [5, 5.41) is 7.11. The van der Waals surface area contributed by atoms with E-state index < -0.39 is 0 Å². The second kappa shape index (κ2) is 7.48. The van der Waals surface area contributed by atoms with Crippen molar-refractivity contribution in [3.8, 4) is 0 Å². The van der Waals surface area contributed by atoms with Crippen LogP contribution in [0.4, 0.5) is 17.2 Å². The van der Waals surface area contributed by atoms with Gasteiger partial charge in [0.25, 0.3) is 5.91 Å². The molecule has 1 aromatic heterocycles. The Bertz CT molecular complexity index is 1140. The van der Waals surface area contributed by atoms with Gasteiger partial charge in [0.05, 0.1) is 5.52 Å². The van der Waals surface area contributed by atoms with Crippen LogP contribution in [0.15, 0.2) is 72.8 Å². The number of hydrogen-bond donors (Lipinski definition) is 2. The van der Waals surface area contributed by atoms with E-state index in [1.807, 2.05) is 86.6 Å². The minimum absolute atomic E-state index is 0.125. The van der Waals surface area contributed by atoms with Gasteiger partial charge in [0.1, 0.15) is 5.82 Å². The van der Waals surface area contributed by atoms with E-state index in [0.717, 1.165) is 27.9 Å². The number of nitrogens with zero attached hydrogens (tertiary/aromatic N) is 2. The van der Waals surface area contributed by atoms with Gasteiger partial charge in [0.2, 0.25) is 5.82 Å². The molecular weight excluding hydrogens is 348 g/mol. The van der Waals surface area contributed by atoms with Crippen molar-refractivity contribution in [3.63, 3.8) is 0 Å². The number of aryl methyl sites for hydroxylation is 2. The Labute approximate surface area is 163 Å². The fourth-order valence-electron chi connectivity index (χ4n) is 3.11. The second-order valence-electron chi connectivity index (χ2n) is 6.62. The average molecular weight is 368 g/mol. The van der Waals surface area contributed by atoms with Crippen LogP contribution in [0.2, 0.25) is 0 Å². The number of carbonyl (C=O) groups excluding carboxylic acids is 1. The van der Waals surface area contributed by atoms with Crippen molar-refractivity contribution in [2.24, 2.45) is 0 Å². The molecule has 0 unspecified atom stereocenters. The van der Waals surface area contributed by atoms with Crippen molar-refractivity contribution >= 4 is 34.0 Å². The quantitative estimate of drug-likeness (QED) is 0.517. The molecule has 0 spiro atoms. The molecule has 1 heterocycles. The first-order valence-corrected chi connectivity index (χ1v) is 9.08. The highest BCUT2D eigenvalue weighted by Crippen LogP contribution is 2.25. The van der Waals surface area contributed by atoms with Crippen LogP contribution in [0.1, 0.15) is 21.7 Å². The van der Waals surface area contributed by atoms with E-state index in [0.29, 0.717) is 11.3 Å². The summed E-state index contributed by atoms with van der Waals surface area (Å²) in [5.74, 6) is 0.391. The van der Waals surface area contributed by atoms with Gasteiger partial charge in [-0.2, -0.15) is 0 Å². The number of para-hydroxylation sites is 3. The highest BCUT2D eigenvalue weighted by Gasteiger charge is 2.16. The van der Waals surface area contributed by atoms with Crippen LogP contribution in [0.3, 0.4) is 0 Å². The molecule has 0 aliphatic rings. The van der Waals surface area contributed by atoms with Crippen LogP contribution >= 0.6 is 0 Å². The van der Waals surface area contributed by atoms with Gasteiger partial charge in [-0.1, -0.05) is 48.5 Å². The normalized spacial score (nSPS) is 10.6. The molecule has 3 aromatic carbocycles. The molecule has 0 bridgehead atoms. The summed E-state index contributed by atoms with van der Waals surface area (Å²) in [6.45, 7) is 3.93. The molecular formula is C23H20N4O. The molecule has 0 saturated heterocycles. The molecule has 0 radical (unpaired) electrons. The van der Waals surface area contributed by atoms with Gasteiger partial charge in [-0.05, 0) is 49.2 Å². The maximum Gasteiger partial charge on any atom is 0.293 e. The lowest BCUT2D eigenvalue weighted by molar-refractivity contribution is 0.101. The summed E-state index contributed by atoms with van der Waals surface area (Å²) >= 11 is 0. The molecule has 0 saturated carbocycles. The van der Waals surface area contributed by atoms with Gasteiger partial charge in [0, 0.05) is 16.8 Å². The SMILES string of the molecule is Cc1cccc(C)c1NC(=O)c1nc(Nc2ccccc2)c2ccccc2n1. The monoisotopic (exact) mass is 368 g/mol. The first-order valence-electron chi connectivity index (χ1n) is 9.08. The summed E-state index contributed by atoms with van der Waals surface area (Å²) in [5.41, 5.74) is 4.39. The third-order valence-corrected chi connectivity index (χ3v) is 4.56. The Kier molecular flexibility index (Phi) is 4.72. The van der Waals surface area contributed by atoms with E-state index >= 15 is 0 Å². The average Bonchev–Trinajstić information content (AvgIpc) is 2.71. The minimum Gasteiger partial charge on any atom is -0.340 e. The number of aromatic nitrogens is 2. The van der Waals surface area contributed by atoms with E-state index in [1.54, 1.807) is 0 Å². The highest BCUT2D eigenvalue weighted by molar-refractivity contribution is 6.04. The third-order valence-electron chi connectivity index (χ3n) is 4.56. The summed E-state index contributed by atoms with van der Waals surface area (Å²) in [4.78, 5) is 21.9. The Morgan fingerprint density at radius 3 is 2.21 bits per heavy atom. The summed E-state index contributed by atoms with van der Waals surface area (Å²) in [6, 6.07) is 23.3. The lowest BCUT2D eigenvalue weighted by Crippen LogP contribution is -2.18. The number of anilines is 3. The predicted octanol–water partition coefficient (Wildman–Crippen LogP) is 5.24. The lowest BCUT2D eigenvalue weighted by atomic mass is 10.1. The molecule has 0 aliphatic heterocycles. The van der Waals surface area contributed by atoms with E-state index in [1.165, 1.54) is 0 Å². The van der Waals surface area contributed by atoms with Gasteiger partial charge in [-0.15, -0.1) is 0 Å². The number of carbonyl (C=O) groups is 1. The van der Waals surface area contributed by atoms with E-state index in [-0.39, 0.29) is 11.7 Å². The van der Waals surface area contributed by atoms with E-state index in [4.69, 9.17) is 0 Å². The Hall–Kier alpha value is -3.73. The highest BCUT2D eigenvalue weighted by atomic mass is 16.2. The van der Waals surface area contributed by atoms with Crippen LogP contribution in [-0.2, 0) is 0 Å². The number of rotatable bonds is 4. The van der Waals surface area contributed by atoms with Gasteiger partial charge in [0.15, 0.2) is 0 Å². The van der Waals surface area contributed by atoms with Crippen molar-refractivity contribution in [3.05, 3.63) is 89.7 Å². The Morgan fingerprint density at radius 1 is 0.786 bits per heavy atom. The zero-order valence-electron chi connectivity index (χ0n) is 15.7. The summed E-state index contributed by atoms with van der Waals surface area (Å²) in [7, 11) is 0. The minimum atomic E-state index is -0.334. The number of amides is 1. The first-order chi connectivity index (χ1) is 13.6. The number of benzene rings is 3. The molecule has 4 aromatic rings. The molecule has 5 nitrogen and oxygen atoms in total. The molecule has 0 aliphatic carbocycles. The van der Waals surface area contributed by atoms with Crippen molar-refractivity contribution in [1.82, 2.24) is 9.97 Å². The molecule has 138 valence electrons. The van der Waals surface area contributed by atoms with Gasteiger partial charge in [-0.25, -0.2) is 9.97 Å². The first kappa shape index (κ1) is 17.7. The molecule has 28 heavy (non-hydrogen) atoms. The number of nitrogens with one attached hydrogen (secondary N) is 2. The fourth-order valence-corrected chi connectivity index (χ4v) is 3.11. The van der Waals surface area contributed by atoms with Crippen LogP contribution in [0.25, 0.3) is 10.9 Å². The fraction of sp³-hybridized carbons (Fsp3) is 0.0870. The van der Waals surface area contributed by atoms with E-state index in [9.17, 15) is 4.79 Å². The van der Waals surface area contributed by atoms with E-state index in [2.05, 4.69) is 20.6 Å². The Morgan fingerprint density at radius 2 is 1.46 bits per heavy atom. The van der Waals surface area contributed by atoms with Gasteiger partial charge < -0.3 is 10.6 Å². The van der Waals surface area contributed by atoms with Crippen LogP contribution < -0.4 is 10.6 Å².